The molecule has 1 unspecified atom stereocenters. The number of nitrogens with zero attached hydrogens (tertiary/aromatic N) is 2. The van der Waals surface area contributed by atoms with Gasteiger partial charge in [-0.2, -0.15) is 0 Å². The molecule has 0 saturated carbocycles. The van der Waals surface area contributed by atoms with Crippen LogP contribution in [-0.4, -0.2) is 41.7 Å². The number of methoxy groups -OCH3 is 1. The van der Waals surface area contributed by atoms with E-state index in [0.29, 0.717) is 6.54 Å². The van der Waals surface area contributed by atoms with Gasteiger partial charge in [-0.1, -0.05) is 12.0 Å². The summed E-state index contributed by atoms with van der Waals surface area (Å²) in [6.07, 6.45) is 3.02. The molecule has 1 aliphatic heterocycles. The average molecular weight is 328 g/mol. The topological polar surface area (TPSA) is 45.6 Å². The van der Waals surface area contributed by atoms with Crippen molar-refractivity contribution in [3.8, 4) is 17.6 Å². The summed E-state index contributed by atoms with van der Waals surface area (Å²) in [5.74, 6) is 7.09. The third-order valence-electron chi connectivity index (χ3n) is 4.02. The molecule has 0 radical (unpaired) electrons. The second-order valence-corrected chi connectivity index (χ2v) is 6.41. The standard InChI is InChI=1S/C18H20N2O2S/c1-22-15-5-6-16-14(12-15)7-10-20(13-17(16)21)9-3-2-4-18-19-8-11-23-18/h5-6,8,11-12,17,21H,3,7,9-10,13H2,1H3. The fourth-order valence-corrected chi connectivity index (χ4v) is 3.31. The zero-order valence-electron chi connectivity index (χ0n) is 13.2. The highest BCUT2D eigenvalue weighted by atomic mass is 32.1. The molecule has 1 N–H and O–H groups in total. The molecular weight excluding hydrogens is 308 g/mol. The average Bonchev–Trinajstić information content (AvgIpc) is 3.03. The Labute approximate surface area is 140 Å². The van der Waals surface area contributed by atoms with Crippen LogP contribution in [0.5, 0.6) is 5.75 Å². The number of fused-ring (bicyclic) bond motifs is 1. The lowest BCUT2D eigenvalue weighted by atomic mass is 10.0. The SMILES string of the molecule is COc1ccc2c(c1)CCN(CCC#Cc1nccs1)CC2O. The summed E-state index contributed by atoms with van der Waals surface area (Å²) in [7, 11) is 1.67. The van der Waals surface area contributed by atoms with Gasteiger partial charge in [0, 0.05) is 37.6 Å². The third kappa shape index (κ3) is 4.11. The van der Waals surface area contributed by atoms with Gasteiger partial charge >= 0.3 is 0 Å². The highest BCUT2D eigenvalue weighted by molar-refractivity contribution is 7.10. The normalized spacial score (nSPS) is 17.7. The van der Waals surface area contributed by atoms with Crippen molar-refractivity contribution in [2.75, 3.05) is 26.7 Å². The van der Waals surface area contributed by atoms with Crippen LogP contribution in [-0.2, 0) is 6.42 Å². The molecular formula is C18H20N2O2S. The molecule has 2 aromatic rings. The molecule has 4 nitrogen and oxygen atoms in total. The zero-order chi connectivity index (χ0) is 16.1. The number of ether oxygens (including phenoxy) is 1. The van der Waals surface area contributed by atoms with Crippen LogP contribution in [0.4, 0.5) is 0 Å². The zero-order valence-corrected chi connectivity index (χ0v) is 14.0. The lowest BCUT2D eigenvalue weighted by Crippen LogP contribution is -2.29. The van der Waals surface area contributed by atoms with E-state index in [2.05, 4.69) is 21.7 Å². The first-order chi connectivity index (χ1) is 11.3. The van der Waals surface area contributed by atoms with Crippen LogP contribution in [0.15, 0.2) is 29.8 Å². The van der Waals surface area contributed by atoms with Gasteiger partial charge in [0.25, 0.3) is 0 Å². The van der Waals surface area contributed by atoms with E-state index in [0.717, 1.165) is 42.3 Å². The quantitative estimate of drug-likeness (QED) is 0.879. The van der Waals surface area contributed by atoms with Crippen molar-refractivity contribution < 1.29 is 9.84 Å². The monoisotopic (exact) mass is 328 g/mol. The first-order valence-electron chi connectivity index (χ1n) is 7.72. The van der Waals surface area contributed by atoms with Gasteiger partial charge in [-0.15, -0.1) is 11.3 Å². The minimum absolute atomic E-state index is 0.453. The Hall–Kier alpha value is -1.87. The van der Waals surface area contributed by atoms with E-state index in [1.807, 2.05) is 23.6 Å². The molecule has 120 valence electrons. The lowest BCUT2D eigenvalue weighted by molar-refractivity contribution is 0.121. The van der Waals surface area contributed by atoms with Gasteiger partial charge in [-0.3, -0.25) is 4.90 Å². The molecule has 1 aliphatic rings. The van der Waals surface area contributed by atoms with Gasteiger partial charge in [-0.05, 0) is 35.6 Å². The van der Waals surface area contributed by atoms with E-state index in [1.165, 1.54) is 5.56 Å². The Balaban J connectivity index is 1.59. The van der Waals surface area contributed by atoms with Gasteiger partial charge in [0.2, 0.25) is 0 Å². The van der Waals surface area contributed by atoms with Crippen molar-refractivity contribution in [2.24, 2.45) is 0 Å². The number of hydrogen-bond donors (Lipinski definition) is 1. The molecule has 0 fully saturated rings. The van der Waals surface area contributed by atoms with Gasteiger partial charge < -0.3 is 9.84 Å². The van der Waals surface area contributed by atoms with E-state index in [1.54, 1.807) is 24.6 Å². The summed E-state index contributed by atoms with van der Waals surface area (Å²) < 4.78 is 5.28. The van der Waals surface area contributed by atoms with Crippen LogP contribution in [0, 0.1) is 11.8 Å². The first-order valence-corrected chi connectivity index (χ1v) is 8.60. The molecule has 0 bridgehead atoms. The van der Waals surface area contributed by atoms with Gasteiger partial charge in [-0.25, -0.2) is 4.98 Å². The van der Waals surface area contributed by atoms with Crippen molar-refractivity contribution >= 4 is 11.3 Å². The van der Waals surface area contributed by atoms with Crippen LogP contribution in [0.3, 0.4) is 0 Å². The number of rotatable bonds is 3. The van der Waals surface area contributed by atoms with Gasteiger partial charge in [0.05, 0.1) is 13.2 Å². The summed E-state index contributed by atoms with van der Waals surface area (Å²) in [6, 6.07) is 5.92. The molecule has 0 spiro atoms. The fraction of sp³-hybridized carbons (Fsp3) is 0.389. The lowest BCUT2D eigenvalue weighted by Gasteiger charge is -2.20. The van der Waals surface area contributed by atoms with Crippen LogP contribution >= 0.6 is 11.3 Å². The number of aliphatic hydroxyl groups excluding tert-OH is 1. The van der Waals surface area contributed by atoms with Crippen molar-refractivity contribution in [1.29, 1.82) is 0 Å². The minimum Gasteiger partial charge on any atom is -0.497 e. The fourth-order valence-electron chi connectivity index (χ4n) is 2.80. The van der Waals surface area contributed by atoms with Crippen LogP contribution in [0.2, 0.25) is 0 Å². The molecule has 3 rings (SSSR count). The van der Waals surface area contributed by atoms with Crippen LogP contribution in [0.25, 0.3) is 0 Å². The smallest absolute Gasteiger partial charge is 0.166 e. The summed E-state index contributed by atoms with van der Waals surface area (Å²) in [5.41, 5.74) is 2.19. The maximum atomic E-state index is 10.5. The molecule has 0 saturated heterocycles. The summed E-state index contributed by atoms with van der Waals surface area (Å²) >= 11 is 1.56. The van der Waals surface area contributed by atoms with E-state index in [9.17, 15) is 5.11 Å². The second kappa shape index (κ2) is 7.60. The highest BCUT2D eigenvalue weighted by Gasteiger charge is 2.21. The Kier molecular flexibility index (Phi) is 5.29. The second-order valence-electron chi connectivity index (χ2n) is 5.52. The van der Waals surface area contributed by atoms with Crippen molar-refractivity contribution in [2.45, 2.75) is 18.9 Å². The maximum Gasteiger partial charge on any atom is 0.166 e. The van der Waals surface area contributed by atoms with E-state index in [4.69, 9.17) is 4.74 Å². The number of benzene rings is 1. The molecule has 2 heterocycles. The van der Waals surface area contributed by atoms with Crippen LogP contribution < -0.4 is 4.74 Å². The van der Waals surface area contributed by atoms with Gasteiger partial charge in [0.1, 0.15) is 5.75 Å². The number of β-amino-alcohol motifs (C(OH)–C–C–N with tert-alkyl or cyclic N) is 1. The Morgan fingerprint density at radius 3 is 3.17 bits per heavy atom. The van der Waals surface area contributed by atoms with Crippen molar-refractivity contribution in [3.05, 3.63) is 45.9 Å². The number of hydrogen-bond acceptors (Lipinski definition) is 5. The first kappa shape index (κ1) is 16.0. The molecule has 1 aromatic heterocycles. The summed E-state index contributed by atoms with van der Waals surface area (Å²) in [6.45, 7) is 2.44. The Bertz CT molecular complexity index is 704. The number of aromatic nitrogens is 1. The molecule has 0 amide bonds. The molecule has 23 heavy (non-hydrogen) atoms. The summed E-state index contributed by atoms with van der Waals surface area (Å²) in [4.78, 5) is 6.42. The van der Waals surface area contributed by atoms with Crippen LogP contribution in [0.1, 0.15) is 28.7 Å². The summed E-state index contributed by atoms with van der Waals surface area (Å²) in [5, 5.41) is 13.2. The van der Waals surface area contributed by atoms with Gasteiger partial charge in [0.15, 0.2) is 5.01 Å². The van der Waals surface area contributed by atoms with E-state index >= 15 is 0 Å². The van der Waals surface area contributed by atoms with E-state index in [-0.39, 0.29) is 0 Å². The predicted molar refractivity (Wildman–Crippen MR) is 91.7 cm³/mol. The number of aliphatic hydroxyl groups is 1. The third-order valence-corrected chi connectivity index (χ3v) is 4.71. The molecule has 5 heteroatoms. The molecule has 1 aromatic carbocycles. The predicted octanol–water partition coefficient (Wildman–Crippen LogP) is 2.49. The van der Waals surface area contributed by atoms with Crippen molar-refractivity contribution in [3.63, 3.8) is 0 Å². The maximum absolute atomic E-state index is 10.5. The van der Waals surface area contributed by atoms with Crippen molar-refractivity contribution in [1.82, 2.24) is 9.88 Å². The largest absolute Gasteiger partial charge is 0.497 e. The highest BCUT2D eigenvalue weighted by Crippen LogP contribution is 2.27. The minimum atomic E-state index is -0.453. The Morgan fingerprint density at radius 1 is 1.48 bits per heavy atom. The molecule has 1 atom stereocenters. The number of thiazole rings is 1. The Morgan fingerprint density at radius 2 is 2.39 bits per heavy atom. The molecule has 0 aliphatic carbocycles. The van der Waals surface area contributed by atoms with E-state index < -0.39 is 6.10 Å².